The zero-order valence-corrected chi connectivity index (χ0v) is 14.6. The topological polar surface area (TPSA) is 57.5 Å². The quantitative estimate of drug-likeness (QED) is 0.498. The Bertz CT molecular complexity index is 499. The maximum atomic E-state index is 4.42. The Morgan fingerprint density at radius 1 is 1.41 bits per heavy atom. The van der Waals surface area contributed by atoms with Gasteiger partial charge in [0.15, 0.2) is 5.96 Å². The van der Waals surface area contributed by atoms with Crippen LogP contribution in [-0.4, -0.2) is 59.4 Å². The second kappa shape index (κ2) is 7.13. The number of aliphatic imine (C=N–C) groups is 1. The number of aromatic nitrogens is 2. The molecular formula is C16H30N6. The molecule has 1 unspecified atom stereocenters. The third kappa shape index (κ3) is 4.73. The van der Waals surface area contributed by atoms with Crippen molar-refractivity contribution in [3.63, 3.8) is 0 Å². The van der Waals surface area contributed by atoms with Crippen molar-refractivity contribution in [3.8, 4) is 0 Å². The molecule has 1 fully saturated rings. The number of hydrogen-bond acceptors (Lipinski definition) is 3. The largest absolute Gasteiger partial charge is 0.355 e. The second-order valence-electron chi connectivity index (χ2n) is 7.03. The van der Waals surface area contributed by atoms with Crippen molar-refractivity contribution < 1.29 is 0 Å². The highest BCUT2D eigenvalue weighted by Gasteiger charge is 2.26. The minimum atomic E-state index is 0.157. The van der Waals surface area contributed by atoms with E-state index in [1.165, 1.54) is 5.56 Å². The Morgan fingerprint density at radius 3 is 2.77 bits per heavy atom. The van der Waals surface area contributed by atoms with Gasteiger partial charge in [-0.05, 0) is 32.8 Å². The molecule has 0 aliphatic carbocycles. The third-order valence-electron chi connectivity index (χ3n) is 3.96. The molecule has 0 aromatic carbocycles. The molecule has 1 aromatic heterocycles. The lowest BCUT2D eigenvalue weighted by Crippen LogP contribution is -2.45. The summed E-state index contributed by atoms with van der Waals surface area (Å²) in [5.41, 5.74) is 1.49. The fourth-order valence-electron chi connectivity index (χ4n) is 2.82. The molecule has 0 bridgehead atoms. The van der Waals surface area contributed by atoms with Crippen LogP contribution < -0.4 is 10.6 Å². The monoisotopic (exact) mass is 306 g/mol. The molecule has 1 atom stereocenters. The van der Waals surface area contributed by atoms with Crippen LogP contribution in [0.2, 0.25) is 0 Å². The van der Waals surface area contributed by atoms with E-state index in [2.05, 4.69) is 52.6 Å². The molecule has 0 amide bonds. The number of nitrogens with zero attached hydrogens (tertiary/aromatic N) is 4. The van der Waals surface area contributed by atoms with Crippen LogP contribution in [0.15, 0.2) is 17.4 Å². The maximum absolute atomic E-state index is 4.42. The van der Waals surface area contributed by atoms with Gasteiger partial charge >= 0.3 is 0 Å². The Labute approximate surface area is 134 Å². The highest BCUT2D eigenvalue weighted by molar-refractivity contribution is 5.80. The lowest BCUT2D eigenvalue weighted by Gasteiger charge is -2.24. The van der Waals surface area contributed by atoms with E-state index >= 15 is 0 Å². The Morgan fingerprint density at radius 2 is 2.18 bits per heavy atom. The molecule has 0 saturated carbocycles. The molecule has 2 heterocycles. The van der Waals surface area contributed by atoms with Gasteiger partial charge in [-0.15, -0.1) is 0 Å². The van der Waals surface area contributed by atoms with Gasteiger partial charge < -0.3 is 15.5 Å². The zero-order valence-electron chi connectivity index (χ0n) is 14.6. The molecule has 2 N–H and O–H groups in total. The Hall–Kier alpha value is -1.56. The summed E-state index contributed by atoms with van der Waals surface area (Å²) in [5.74, 6) is 1.56. The Kier molecular flexibility index (Phi) is 5.45. The van der Waals surface area contributed by atoms with Crippen LogP contribution >= 0.6 is 0 Å². The molecule has 1 aliphatic rings. The molecule has 0 spiro atoms. The number of hydrogen-bond donors (Lipinski definition) is 2. The van der Waals surface area contributed by atoms with Crippen LogP contribution in [0.1, 0.15) is 38.7 Å². The number of aryl methyl sites for hydroxylation is 1. The molecule has 1 saturated heterocycles. The van der Waals surface area contributed by atoms with Crippen molar-refractivity contribution in [3.05, 3.63) is 18.0 Å². The van der Waals surface area contributed by atoms with Crippen molar-refractivity contribution in [1.82, 2.24) is 25.3 Å². The van der Waals surface area contributed by atoms with Gasteiger partial charge in [-0.3, -0.25) is 9.67 Å². The number of guanidine groups is 1. The van der Waals surface area contributed by atoms with Crippen LogP contribution in [0.25, 0.3) is 0 Å². The lowest BCUT2D eigenvalue weighted by molar-refractivity contribution is 0.423. The maximum Gasteiger partial charge on any atom is 0.193 e. The van der Waals surface area contributed by atoms with E-state index < -0.39 is 0 Å². The lowest BCUT2D eigenvalue weighted by atomic mass is 10.0. The van der Waals surface area contributed by atoms with Gasteiger partial charge in [0.2, 0.25) is 0 Å². The number of likely N-dealkylation sites (tertiary alicyclic amines) is 1. The summed E-state index contributed by atoms with van der Waals surface area (Å²) in [6.45, 7) is 10.4. The van der Waals surface area contributed by atoms with Gasteiger partial charge in [0.25, 0.3) is 0 Å². The van der Waals surface area contributed by atoms with Crippen LogP contribution in [-0.2, 0) is 7.05 Å². The summed E-state index contributed by atoms with van der Waals surface area (Å²) in [4.78, 5) is 6.76. The average molecular weight is 306 g/mol. The van der Waals surface area contributed by atoms with Crippen LogP contribution in [0.4, 0.5) is 0 Å². The van der Waals surface area contributed by atoms with E-state index in [-0.39, 0.29) is 5.54 Å². The van der Waals surface area contributed by atoms with Gasteiger partial charge in [0.05, 0.1) is 6.20 Å². The standard InChI is InChI=1S/C16H30N6/c1-16(2,3)19-8-7-18-15(17-4)22-9-6-13(12-22)14-10-20-21(5)11-14/h10-11,13,19H,6-9,12H2,1-5H3,(H,17,18). The molecule has 124 valence electrons. The first-order chi connectivity index (χ1) is 10.4. The van der Waals surface area contributed by atoms with E-state index in [0.717, 1.165) is 38.6 Å². The smallest absolute Gasteiger partial charge is 0.193 e. The van der Waals surface area contributed by atoms with Crippen molar-refractivity contribution in [1.29, 1.82) is 0 Å². The first kappa shape index (κ1) is 16.8. The van der Waals surface area contributed by atoms with E-state index in [4.69, 9.17) is 0 Å². The fraction of sp³-hybridized carbons (Fsp3) is 0.750. The Balaban J connectivity index is 1.80. The molecule has 1 aliphatic heterocycles. The highest BCUT2D eigenvalue weighted by Crippen LogP contribution is 2.26. The van der Waals surface area contributed by atoms with Crippen LogP contribution in [0.3, 0.4) is 0 Å². The molecule has 6 heteroatoms. The van der Waals surface area contributed by atoms with E-state index in [1.807, 2.05) is 25.0 Å². The zero-order chi connectivity index (χ0) is 16.2. The second-order valence-corrected chi connectivity index (χ2v) is 7.03. The van der Waals surface area contributed by atoms with Crippen molar-refractivity contribution in [2.75, 3.05) is 33.2 Å². The molecule has 6 nitrogen and oxygen atoms in total. The summed E-state index contributed by atoms with van der Waals surface area (Å²) in [6.07, 6.45) is 5.27. The first-order valence-electron chi connectivity index (χ1n) is 8.08. The molecule has 1 aromatic rings. The highest BCUT2D eigenvalue weighted by atomic mass is 15.3. The van der Waals surface area contributed by atoms with Crippen LogP contribution in [0, 0.1) is 0 Å². The van der Waals surface area contributed by atoms with Gasteiger partial charge in [-0.25, -0.2) is 0 Å². The van der Waals surface area contributed by atoms with Crippen molar-refractivity contribution in [2.45, 2.75) is 38.6 Å². The van der Waals surface area contributed by atoms with Gasteiger partial charge in [-0.2, -0.15) is 5.10 Å². The SMILES string of the molecule is CN=C(NCCNC(C)(C)C)N1CCC(c2cnn(C)c2)C1. The van der Waals surface area contributed by atoms with E-state index in [9.17, 15) is 0 Å². The molecule has 22 heavy (non-hydrogen) atoms. The normalized spacial score (nSPS) is 19.8. The first-order valence-corrected chi connectivity index (χ1v) is 8.08. The van der Waals surface area contributed by atoms with Crippen LogP contribution in [0.5, 0.6) is 0 Å². The van der Waals surface area contributed by atoms with Gasteiger partial charge in [0, 0.05) is 57.9 Å². The summed E-state index contributed by atoms with van der Waals surface area (Å²) in [5, 5.41) is 11.2. The molecule has 2 rings (SSSR count). The third-order valence-corrected chi connectivity index (χ3v) is 3.96. The van der Waals surface area contributed by atoms with E-state index in [0.29, 0.717) is 5.92 Å². The predicted molar refractivity (Wildman–Crippen MR) is 91.3 cm³/mol. The number of rotatable bonds is 4. The summed E-state index contributed by atoms with van der Waals surface area (Å²) in [7, 11) is 3.83. The average Bonchev–Trinajstić information content (AvgIpc) is 3.06. The molecule has 0 radical (unpaired) electrons. The summed E-state index contributed by atoms with van der Waals surface area (Å²) in [6, 6.07) is 0. The predicted octanol–water partition coefficient (Wildman–Crippen LogP) is 1.17. The van der Waals surface area contributed by atoms with E-state index in [1.54, 1.807) is 0 Å². The summed E-state index contributed by atoms with van der Waals surface area (Å²) < 4.78 is 1.88. The fourth-order valence-corrected chi connectivity index (χ4v) is 2.82. The van der Waals surface area contributed by atoms with Crippen molar-refractivity contribution >= 4 is 5.96 Å². The van der Waals surface area contributed by atoms with Gasteiger partial charge in [0.1, 0.15) is 0 Å². The molecular weight excluding hydrogens is 276 g/mol. The minimum absolute atomic E-state index is 0.157. The van der Waals surface area contributed by atoms with Gasteiger partial charge in [-0.1, -0.05) is 0 Å². The van der Waals surface area contributed by atoms with Crippen molar-refractivity contribution in [2.24, 2.45) is 12.0 Å². The minimum Gasteiger partial charge on any atom is -0.355 e. The number of nitrogens with one attached hydrogen (secondary N) is 2. The summed E-state index contributed by atoms with van der Waals surface area (Å²) >= 11 is 0.